The fourth-order valence-electron chi connectivity index (χ4n) is 1.93. The number of hydrogen-bond donors (Lipinski definition) is 2. The molecule has 6 heteroatoms. The summed E-state index contributed by atoms with van der Waals surface area (Å²) in [6, 6.07) is 2.96. The SMILES string of the molecule is C[C@@H](CNC(=O)OC(C)(C)C)CC(O)c1cc(F)ccc1F. The molecule has 2 N–H and O–H groups in total. The number of nitrogens with one attached hydrogen (secondary N) is 1. The average molecular weight is 315 g/mol. The summed E-state index contributed by atoms with van der Waals surface area (Å²) in [5.41, 5.74) is -0.665. The summed E-state index contributed by atoms with van der Waals surface area (Å²) in [7, 11) is 0. The van der Waals surface area contributed by atoms with Crippen LogP contribution in [0.15, 0.2) is 18.2 Å². The predicted octanol–water partition coefficient (Wildman–Crippen LogP) is 3.55. The van der Waals surface area contributed by atoms with Crippen molar-refractivity contribution in [3.05, 3.63) is 35.4 Å². The Balaban J connectivity index is 2.49. The molecule has 0 fully saturated rings. The van der Waals surface area contributed by atoms with Gasteiger partial charge in [-0.2, -0.15) is 0 Å². The number of aliphatic hydroxyl groups excluding tert-OH is 1. The molecule has 4 nitrogen and oxygen atoms in total. The summed E-state index contributed by atoms with van der Waals surface area (Å²) < 4.78 is 31.7. The van der Waals surface area contributed by atoms with Gasteiger partial charge in [0, 0.05) is 12.1 Å². The molecule has 2 atom stereocenters. The molecule has 0 heterocycles. The quantitative estimate of drug-likeness (QED) is 0.873. The predicted molar refractivity (Wildman–Crippen MR) is 79.3 cm³/mol. The van der Waals surface area contributed by atoms with Crippen LogP contribution in [0.2, 0.25) is 0 Å². The standard InChI is InChI=1S/C16H23F2NO3/c1-10(9-19-15(21)22-16(2,3)4)7-14(20)12-8-11(17)5-6-13(12)18/h5-6,8,10,14,20H,7,9H2,1-4H3,(H,19,21)/t10-,14?/m1/s1. The minimum atomic E-state index is -1.13. The second-order valence-corrected chi connectivity index (χ2v) is 6.41. The monoisotopic (exact) mass is 315 g/mol. The number of carbonyl (C=O) groups excluding carboxylic acids is 1. The van der Waals surface area contributed by atoms with Gasteiger partial charge in [0.1, 0.15) is 17.2 Å². The fraction of sp³-hybridized carbons (Fsp3) is 0.562. The molecule has 0 aliphatic carbocycles. The highest BCUT2D eigenvalue weighted by molar-refractivity contribution is 5.67. The molecule has 0 bridgehead atoms. The summed E-state index contributed by atoms with van der Waals surface area (Å²) in [5.74, 6) is -1.39. The van der Waals surface area contributed by atoms with Crippen LogP contribution in [0.4, 0.5) is 13.6 Å². The van der Waals surface area contributed by atoms with Gasteiger partial charge in [0.2, 0.25) is 0 Å². The van der Waals surface area contributed by atoms with Crippen LogP contribution < -0.4 is 5.32 Å². The molecule has 1 unspecified atom stereocenters. The van der Waals surface area contributed by atoms with Gasteiger partial charge in [-0.15, -0.1) is 0 Å². The largest absolute Gasteiger partial charge is 0.444 e. The van der Waals surface area contributed by atoms with Gasteiger partial charge in [-0.3, -0.25) is 0 Å². The van der Waals surface area contributed by atoms with Crippen molar-refractivity contribution in [1.29, 1.82) is 0 Å². The van der Waals surface area contributed by atoms with Gasteiger partial charge in [0.05, 0.1) is 6.10 Å². The molecule has 0 saturated heterocycles. The molecule has 0 saturated carbocycles. The molecule has 0 spiro atoms. The number of amides is 1. The Morgan fingerprint density at radius 3 is 2.59 bits per heavy atom. The summed E-state index contributed by atoms with van der Waals surface area (Å²) in [6.45, 7) is 7.33. The van der Waals surface area contributed by atoms with E-state index in [4.69, 9.17) is 4.74 Å². The van der Waals surface area contributed by atoms with Crippen molar-refractivity contribution in [2.24, 2.45) is 5.92 Å². The van der Waals surface area contributed by atoms with Crippen LogP contribution in [0.3, 0.4) is 0 Å². The number of alkyl carbamates (subject to hydrolysis) is 1. The van der Waals surface area contributed by atoms with Gasteiger partial charge in [-0.25, -0.2) is 13.6 Å². The molecule has 0 aromatic heterocycles. The minimum absolute atomic E-state index is 0.0795. The van der Waals surface area contributed by atoms with E-state index >= 15 is 0 Å². The number of benzene rings is 1. The Morgan fingerprint density at radius 2 is 2.00 bits per heavy atom. The maximum atomic E-state index is 13.6. The highest BCUT2D eigenvalue weighted by Crippen LogP contribution is 2.24. The summed E-state index contributed by atoms with van der Waals surface area (Å²) in [6.07, 6.45) is -1.49. The van der Waals surface area contributed by atoms with E-state index in [1.165, 1.54) is 0 Å². The first-order valence-corrected chi connectivity index (χ1v) is 7.18. The van der Waals surface area contributed by atoms with E-state index in [0.29, 0.717) is 0 Å². The summed E-state index contributed by atoms with van der Waals surface area (Å²) in [5, 5.41) is 12.6. The number of hydrogen-bond acceptors (Lipinski definition) is 3. The van der Waals surface area contributed by atoms with Gasteiger partial charge < -0.3 is 15.2 Å². The number of ether oxygens (including phenoxy) is 1. The Hall–Kier alpha value is -1.69. The van der Waals surface area contributed by atoms with Crippen molar-refractivity contribution in [3.8, 4) is 0 Å². The van der Waals surface area contributed by atoms with Crippen molar-refractivity contribution < 1.29 is 23.4 Å². The van der Waals surface area contributed by atoms with Gasteiger partial charge in [-0.05, 0) is 51.3 Å². The van der Waals surface area contributed by atoms with E-state index in [0.717, 1.165) is 18.2 Å². The van der Waals surface area contributed by atoms with Crippen LogP contribution in [0.1, 0.15) is 45.8 Å². The number of aliphatic hydroxyl groups is 1. The van der Waals surface area contributed by atoms with Crippen molar-refractivity contribution in [2.75, 3.05) is 6.54 Å². The second-order valence-electron chi connectivity index (χ2n) is 6.41. The lowest BCUT2D eigenvalue weighted by molar-refractivity contribution is 0.0511. The third-order valence-corrected chi connectivity index (χ3v) is 2.94. The smallest absolute Gasteiger partial charge is 0.407 e. The minimum Gasteiger partial charge on any atom is -0.444 e. The van der Waals surface area contributed by atoms with Gasteiger partial charge >= 0.3 is 6.09 Å². The lowest BCUT2D eigenvalue weighted by Gasteiger charge is -2.21. The molecule has 0 aliphatic heterocycles. The molecule has 124 valence electrons. The highest BCUT2D eigenvalue weighted by atomic mass is 19.1. The maximum absolute atomic E-state index is 13.6. The van der Waals surface area contributed by atoms with Gasteiger partial charge in [0.15, 0.2) is 0 Å². The number of rotatable bonds is 5. The van der Waals surface area contributed by atoms with Crippen molar-refractivity contribution in [3.63, 3.8) is 0 Å². The summed E-state index contributed by atoms with van der Waals surface area (Å²) in [4.78, 5) is 11.5. The van der Waals surface area contributed by atoms with Gasteiger partial charge in [-0.1, -0.05) is 6.92 Å². The third kappa shape index (κ3) is 6.39. The molecule has 1 aromatic rings. The van der Waals surface area contributed by atoms with Crippen molar-refractivity contribution in [1.82, 2.24) is 5.32 Å². The number of carbonyl (C=O) groups is 1. The van der Waals surface area contributed by atoms with Crippen LogP contribution in [-0.2, 0) is 4.74 Å². The Bertz CT molecular complexity index is 515. The fourth-order valence-corrected chi connectivity index (χ4v) is 1.93. The molecule has 0 aliphatic rings. The molecule has 0 radical (unpaired) electrons. The van der Waals surface area contributed by atoms with E-state index in [1.54, 1.807) is 27.7 Å². The van der Waals surface area contributed by atoms with Gasteiger partial charge in [0.25, 0.3) is 0 Å². The first kappa shape index (κ1) is 18.4. The van der Waals surface area contributed by atoms with Crippen molar-refractivity contribution in [2.45, 2.75) is 45.8 Å². The molecule has 1 amide bonds. The average Bonchev–Trinajstić information content (AvgIpc) is 2.37. The van der Waals surface area contributed by atoms with Crippen LogP contribution in [0.5, 0.6) is 0 Å². The van der Waals surface area contributed by atoms with E-state index < -0.39 is 29.4 Å². The summed E-state index contributed by atoms with van der Waals surface area (Å²) >= 11 is 0. The first-order chi connectivity index (χ1) is 10.1. The Morgan fingerprint density at radius 1 is 1.36 bits per heavy atom. The zero-order valence-electron chi connectivity index (χ0n) is 13.3. The highest BCUT2D eigenvalue weighted by Gasteiger charge is 2.19. The first-order valence-electron chi connectivity index (χ1n) is 7.18. The number of halogens is 2. The zero-order chi connectivity index (χ0) is 16.9. The Kier molecular flexibility index (Phi) is 6.29. The molecular formula is C16H23F2NO3. The molecule has 1 rings (SSSR count). The molecule has 22 heavy (non-hydrogen) atoms. The van der Waals surface area contributed by atoms with Crippen LogP contribution >= 0.6 is 0 Å². The lowest BCUT2D eigenvalue weighted by atomic mass is 9.98. The van der Waals surface area contributed by atoms with Crippen LogP contribution in [0.25, 0.3) is 0 Å². The second kappa shape index (κ2) is 7.54. The third-order valence-electron chi connectivity index (χ3n) is 2.94. The maximum Gasteiger partial charge on any atom is 0.407 e. The van der Waals surface area contributed by atoms with Crippen LogP contribution in [0, 0.1) is 17.6 Å². The normalized spacial score (nSPS) is 14.3. The van der Waals surface area contributed by atoms with Crippen LogP contribution in [-0.4, -0.2) is 23.3 Å². The topological polar surface area (TPSA) is 58.6 Å². The molecule has 1 aromatic carbocycles. The van der Waals surface area contributed by atoms with E-state index in [-0.39, 0.29) is 24.4 Å². The van der Waals surface area contributed by atoms with E-state index in [2.05, 4.69) is 5.32 Å². The van der Waals surface area contributed by atoms with E-state index in [9.17, 15) is 18.7 Å². The van der Waals surface area contributed by atoms with E-state index in [1.807, 2.05) is 0 Å². The van der Waals surface area contributed by atoms with Crippen molar-refractivity contribution >= 4 is 6.09 Å². The Labute approximate surface area is 129 Å². The zero-order valence-corrected chi connectivity index (χ0v) is 13.3. The lowest BCUT2D eigenvalue weighted by Crippen LogP contribution is -2.35. The molecular weight excluding hydrogens is 292 g/mol.